The van der Waals surface area contributed by atoms with Crippen LogP contribution in [0.1, 0.15) is 32.4 Å². The number of rotatable bonds is 9. The number of ether oxygens (including phenoxy) is 1. The topological polar surface area (TPSA) is 218 Å². The maximum absolute atomic E-state index is 12.0. The lowest BCUT2D eigenvalue weighted by Gasteiger charge is -2.16. The molecule has 14 nitrogen and oxygen atoms in total. The van der Waals surface area contributed by atoms with Crippen molar-refractivity contribution in [1.82, 2.24) is 24.2 Å². The van der Waals surface area contributed by atoms with Gasteiger partial charge in [-0.05, 0) is 6.42 Å². The Labute approximate surface area is 177 Å². The molecule has 3 rings (SSSR count). The van der Waals surface area contributed by atoms with E-state index in [4.69, 9.17) is 20.4 Å². The van der Waals surface area contributed by atoms with Crippen LogP contribution in [0.3, 0.4) is 0 Å². The molecule has 0 unspecified atom stereocenters. The number of nitrogens with one attached hydrogen (secondary N) is 1. The average Bonchev–Trinajstić information content (AvgIpc) is 3.27. The number of carbonyl (C=O) groups excluding carboxylic acids is 1. The Kier molecular flexibility index (Phi) is 7.03. The zero-order chi connectivity index (χ0) is 22.8. The second-order valence-electron chi connectivity index (χ2n) is 7.08. The molecule has 2 aromatic rings. The summed E-state index contributed by atoms with van der Waals surface area (Å²) in [7, 11) is -4.50. The first-order valence-electron chi connectivity index (χ1n) is 9.55. The SMILES string of the molecule is CCCC[C@H](N)C(=O)NS(=O)(=O)OC[C@H]1O[C@@H](n2cnc3c(N)ncnc32)[C@H](O)[C@@H]1O. The van der Waals surface area contributed by atoms with Crippen molar-refractivity contribution in [3.8, 4) is 0 Å². The van der Waals surface area contributed by atoms with Crippen molar-refractivity contribution in [2.75, 3.05) is 12.3 Å². The van der Waals surface area contributed by atoms with Crippen LogP contribution in [0.25, 0.3) is 11.2 Å². The van der Waals surface area contributed by atoms with Crippen LogP contribution in [0.4, 0.5) is 5.82 Å². The van der Waals surface area contributed by atoms with Gasteiger partial charge in [0.05, 0.1) is 19.0 Å². The third-order valence-corrected chi connectivity index (χ3v) is 5.71. The highest BCUT2D eigenvalue weighted by atomic mass is 32.2. The Balaban J connectivity index is 1.64. The summed E-state index contributed by atoms with van der Waals surface area (Å²) in [4.78, 5) is 23.8. The molecule has 0 bridgehead atoms. The predicted molar refractivity (Wildman–Crippen MR) is 106 cm³/mol. The van der Waals surface area contributed by atoms with Gasteiger partial charge in [-0.3, -0.25) is 13.5 Å². The van der Waals surface area contributed by atoms with Crippen molar-refractivity contribution < 1.29 is 32.3 Å². The summed E-state index contributed by atoms with van der Waals surface area (Å²) in [5.41, 5.74) is 11.9. The molecule has 1 fully saturated rings. The normalized spacial score (nSPS) is 25.0. The Morgan fingerprint density at radius 2 is 2.10 bits per heavy atom. The highest BCUT2D eigenvalue weighted by Gasteiger charge is 2.45. The molecule has 31 heavy (non-hydrogen) atoms. The lowest BCUT2D eigenvalue weighted by Crippen LogP contribution is -2.44. The Morgan fingerprint density at radius 3 is 2.81 bits per heavy atom. The number of hydrogen-bond acceptors (Lipinski definition) is 12. The minimum atomic E-state index is -4.50. The van der Waals surface area contributed by atoms with E-state index < -0.39 is 53.4 Å². The van der Waals surface area contributed by atoms with Gasteiger partial charge >= 0.3 is 10.3 Å². The van der Waals surface area contributed by atoms with Gasteiger partial charge in [0.2, 0.25) is 0 Å². The molecule has 0 aliphatic carbocycles. The average molecular weight is 459 g/mol. The van der Waals surface area contributed by atoms with E-state index in [2.05, 4.69) is 15.0 Å². The minimum absolute atomic E-state index is 0.121. The third kappa shape index (κ3) is 5.08. The zero-order valence-electron chi connectivity index (χ0n) is 16.7. The smallest absolute Gasteiger partial charge is 0.362 e. The molecule has 1 saturated heterocycles. The number of nitrogens with zero attached hydrogens (tertiary/aromatic N) is 4. The molecule has 15 heteroatoms. The maximum Gasteiger partial charge on any atom is 0.362 e. The molecule has 1 aliphatic rings. The minimum Gasteiger partial charge on any atom is -0.387 e. The van der Waals surface area contributed by atoms with E-state index >= 15 is 0 Å². The van der Waals surface area contributed by atoms with Gasteiger partial charge < -0.3 is 26.4 Å². The summed E-state index contributed by atoms with van der Waals surface area (Å²) >= 11 is 0. The standard InChI is InChI=1S/C16H25N7O7S/c1-2-3-4-8(17)15(26)22-31(27,28)29-5-9-11(24)12(25)16(30-9)23-7-21-10-13(18)19-6-20-14(10)23/h6-9,11-12,16,24-25H,2-5,17H2,1H3,(H,22,26)(H2,18,19,20)/t8-,9+,11+,12+,16+/m0/s1. The van der Waals surface area contributed by atoms with Gasteiger partial charge in [0.1, 0.15) is 30.2 Å². The number of hydrogen-bond donors (Lipinski definition) is 5. The summed E-state index contributed by atoms with van der Waals surface area (Å²) in [5, 5.41) is 20.6. The Morgan fingerprint density at radius 1 is 1.35 bits per heavy atom. The molecule has 7 N–H and O–H groups in total. The fourth-order valence-corrected chi connectivity index (χ4v) is 3.86. The molecule has 5 atom stereocenters. The molecule has 172 valence electrons. The molecular weight excluding hydrogens is 434 g/mol. The zero-order valence-corrected chi connectivity index (χ0v) is 17.5. The monoisotopic (exact) mass is 459 g/mol. The van der Waals surface area contributed by atoms with Crippen molar-refractivity contribution in [2.45, 2.75) is 56.8 Å². The Hall–Kier alpha value is -2.43. The summed E-state index contributed by atoms with van der Waals surface area (Å²) < 4.78 is 37.4. The molecule has 0 saturated carbocycles. The van der Waals surface area contributed by atoms with Crippen molar-refractivity contribution in [1.29, 1.82) is 0 Å². The van der Waals surface area contributed by atoms with Crippen LogP contribution in [0.2, 0.25) is 0 Å². The van der Waals surface area contributed by atoms with E-state index in [9.17, 15) is 23.4 Å². The molecule has 0 radical (unpaired) electrons. The number of anilines is 1. The number of aromatic nitrogens is 4. The lowest BCUT2D eigenvalue weighted by atomic mass is 10.1. The van der Waals surface area contributed by atoms with Crippen LogP contribution in [-0.2, 0) is 24.0 Å². The van der Waals surface area contributed by atoms with Gasteiger partial charge in [-0.15, -0.1) is 0 Å². The number of imidazole rings is 1. The molecule has 0 aromatic carbocycles. The summed E-state index contributed by atoms with van der Waals surface area (Å²) in [5.74, 6) is -0.781. The van der Waals surface area contributed by atoms with E-state index in [-0.39, 0.29) is 17.0 Å². The molecule has 1 aliphatic heterocycles. The van der Waals surface area contributed by atoms with Gasteiger partial charge in [-0.1, -0.05) is 19.8 Å². The number of nitrogens with two attached hydrogens (primary N) is 2. The summed E-state index contributed by atoms with van der Waals surface area (Å²) in [6.45, 7) is 1.25. The van der Waals surface area contributed by atoms with E-state index in [1.165, 1.54) is 17.2 Å². The number of aliphatic hydroxyl groups is 2. The fourth-order valence-electron chi connectivity index (χ4n) is 3.09. The van der Waals surface area contributed by atoms with Gasteiger partial charge in [-0.2, -0.15) is 8.42 Å². The van der Waals surface area contributed by atoms with Crippen LogP contribution in [0.5, 0.6) is 0 Å². The third-order valence-electron chi connectivity index (χ3n) is 4.82. The van der Waals surface area contributed by atoms with Crippen molar-refractivity contribution in [2.24, 2.45) is 5.73 Å². The molecule has 1 amide bonds. The maximum atomic E-state index is 12.0. The molecule has 0 spiro atoms. The number of aliphatic hydroxyl groups excluding tert-OH is 2. The van der Waals surface area contributed by atoms with E-state index in [0.29, 0.717) is 12.8 Å². The first-order chi connectivity index (χ1) is 14.6. The largest absolute Gasteiger partial charge is 0.387 e. The highest BCUT2D eigenvalue weighted by molar-refractivity contribution is 7.85. The molecule has 3 heterocycles. The second-order valence-corrected chi connectivity index (χ2v) is 8.43. The lowest BCUT2D eigenvalue weighted by molar-refractivity contribution is -0.120. The Bertz CT molecular complexity index is 1030. The van der Waals surface area contributed by atoms with Gasteiger partial charge in [0.25, 0.3) is 5.91 Å². The predicted octanol–water partition coefficient (Wildman–Crippen LogP) is -2.08. The van der Waals surface area contributed by atoms with Crippen LogP contribution in [0.15, 0.2) is 12.7 Å². The van der Waals surface area contributed by atoms with Gasteiger partial charge in [0.15, 0.2) is 17.7 Å². The van der Waals surface area contributed by atoms with E-state index in [1.807, 2.05) is 6.92 Å². The van der Waals surface area contributed by atoms with Crippen molar-refractivity contribution in [3.63, 3.8) is 0 Å². The van der Waals surface area contributed by atoms with Gasteiger partial charge in [-0.25, -0.2) is 19.7 Å². The van der Waals surface area contributed by atoms with E-state index in [1.54, 1.807) is 4.72 Å². The van der Waals surface area contributed by atoms with Crippen molar-refractivity contribution in [3.05, 3.63) is 12.7 Å². The van der Waals surface area contributed by atoms with Crippen LogP contribution < -0.4 is 16.2 Å². The molecular formula is C16H25N7O7S. The first-order valence-corrected chi connectivity index (χ1v) is 11.0. The number of nitrogen functional groups attached to an aromatic ring is 1. The van der Waals surface area contributed by atoms with Crippen LogP contribution in [0, 0.1) is 0 Å². The summed E-state index contributed by atoms with van der Waals surface area (Å²) in [6, 6.07) is -0.998. The number of amides is 1. The quantitative estimate of drug-likeness (QED) is 0.273. The number of fused-ring (bicyclic) bond motifs is 1. The molecule has 2 aromatic heterocycles. The second kappa shape index (κ2) is 9.37. The van der Waals surface area contributed by atoms with E-state index in [0.717, 1.165) is 6.42 Å². The van der Waals surface area contributed by atoms with Crippen LogP contribution >= 0.6 is 0 Å². The number of carbonyl (C=O) groups is 1. The fraction of sp³-hybridized carbons (Fsp3) is 0.625. The van der Waals surface area contributed by atoms with Crippen molar-refractivity contribution >= 4 is 33.2 Å². The van der Waals surface area contributed by atoms with Crippen LogP contribution in [-0.4, -0.2) is 75.0 Å². The first kappa shape index (κ1) is 23.2. The highest BCUT2D eigenvalue weighted by Crippen LogP contribution is 2.32. The summed E-state index contributed by atoms with van der Waals surface area (Å²) in [6.07, 6.45) is -1.00. The van der Waals surface area contributed by atoms with Gasteiger partial charge in [0, 0.05) is 0 Å². The number of unbranched alkanes of at least 4 members (excludes halogenated alkanes) is 1.